The summed E-state index contributed by atoms with van der Waals surface area (Å²) in [5.41, 5.74) is 1.21. The van der Waals surface area contributed by atoms with E-state index >= 15 is 0 Å². The average Bonchev–Trinajstić information content (AvgIpc) is 2.34. The van der Waals surface area contributed by atoms with Gasteiger partial charge in [-0.3, -0.25) is 4.68 Å². The van der Waals surface area contributed by atoms with Gasteiger partial charge in [-0.1, -0.05) is 15.9 Å². The Kier molecular flexibility index (Phi) is 2.49. The third-order valence-electron chi connectivity index (χ3n) is 1.51. The molecule has 56 valence electrons. The van der Waals surface area contributed by atoms with Crippen molar-refractivity contribution in [1.29, 1.82) is 0 Å². The first-order valence-corrected chi connectivity index (χ1v) is 4.44. The van der Waals surface area contributed by atoms with Gasteiger partial charge in [-0.25, -0.2) is 0 Å². The van der Waals surface area contributed by atoms with Gasteiger partial charge < -0.3 is 0 Å². The first kappa shape index (κ1) is 7.79. The van der Waals surface area contributed by atoms with E-state index in [4.69, 9.17) is 0 Å². The van der Waals surface area contributed by atoms with Crippen molar-refractivity contribution in [3.8, 4) is 0 Å². The van der Waals surface area contributed by atoms with Crippen molar-refractivity contribution in [2.24, 2.45) is 0 Å². The van der Waals surface area contributed by atoms with Crippen LogP contribution in [0, 0.1) is 6.92 Å². The lowest BCUT2D eigenvalue weighted by Gasteiger charge is -2.09. The standard InChI is InChI=1S/C7H11BrN2/c1-6-3-4-9-10(6)7(2)5-8/h3-4,7H,5H2,1-2H3. The van der Waals surface area contributed by atoms with Crippen LogP contribution in [0.3, 0.4) is 0 Å². The topological polar surface area (TPSA) is 17.8 Å². The fourth-order valence-electron chi connectivity index (χ4n) is 0.907. The van der Waals surface area contributed by atoms with E-state index in [1.165, 1.54) is 5.69 Å². The van der Waals surface area contributed by atoms with Gasteiger partial charge >= 0.3 is 0 Å². The fourth-order valence-corrected chi connectivity index (χ4v) is 1.18. The Balaban J connectivity index is 2.82. The highest BCUT2D eigenvalue weighted by molar-refractivity contribution is 9.09. The van der Waals surface area contributed by atoms with Crippen molar-refractivity contribution in [3.63, 3.8) is 0 Å². The van der Waals surface area contributed by atoms with Crippen LogP contribution in [0.1, 0.15) is 18.7 Å². The van der Waals surface area contributed by atoms with Gasteiger partial charge in [0, 0.05) is 17.2 Å². The monoisotopic (exact) mass is 202 g/mol. The summed E-state index contributed by atoms with van der Waals surface area (Å²) in [6.07, 6.45) is 1.83. The van der Waals surface area contributed by atoms with Crippen LogP contribution in [0.4, 0.5) is 0 Å². The molecule has 1 aromatic rings. The van der Waals surface area contributed by atoms with Gasteiger partial charge in [0.1, 0.15) is 0 Å². The molecule has 0 bridgehead atoms. The predicted octanol–water partition coefficient (Wildman–Crippen LogP) is 2.15. The lowest BCUT2D eigenvalue weighted by atomic mass is 10.4. The molecule has 0 aliphatic carbocycles. The predicted molar refractivity (Wildman–Crippen MR) is 45.5 cm³/mol. The van der Waals surface area contributed by atoms with Crippen molar-refractivity contribution in [1.82, 2.24) is 9.78 Å². The molecular weight excluding hydrogens is 192 g/mol. The second-order valence-corrected chi connectivity index (χ2v) is 3.07. The zero-order valence-electron chi connectivity index (χ0n) is 6.21. The Hall–Kier alpha value is -0.310. The van der Waals surface area contributed by atoms with E-state index in [9.17, 15) is 0 Å². The van der Waals surface area contributed by atoms with Crippen molar-refractivity contribution >= 4 is 15.9 Å². The quantitative estimate of drug-likeness (QED) is 0.673. The molecule has 0 N–H and O–H groups in total. The molecule has 1 aromatic heterocycles. The summed E-state index contributed by atoms with van der Waals surface area (Å²) >= 11 is 3.41. The molecule has 1 atom stereocenters. The SMILES string of the molecule is Cc1ccnn1C(C)CBr. The van der Waals surface area contributed by atoms with Crippen molar-refractivity contribution in [3.05, 3.63) is 18.0 Å². The average molecular weight is 203 g/mol. The highest BCUT2D eigenvalue weighted by Gasteiger charge is 2.03. The van der Waals surface area contributed by atoms with E-state index in [2.05, 4.69) is 34.9 Å². The van der Waals surface area contributed by atoms with E-state index in [1.54, 1.807) is 0 Å². The van der Waals surface area contributed by atoms with Crippen LogP contribution in [0.25, 0.3) is 0 Å². The summed E-state index contributed by atoms with van der Waals surface area (Å²) in [5.74, 6) is 0. The van der Waals surface area contributed by atoms with Crippen LogP contribution in [0.15, 0.2) is 12.3 Å². The number of hydrogen-bond acceptors (Lipinski definition) is 1. The van der Waals surface area contributed by atoms with Gasteiger partial charge in [-0.15, -0.1) is 0 Å². The molecular formula is C7H11BrN2. The van der Waals surface area contributed by atoms with Crippen LogP contribution in [-0.4, -0.2) is 15.1 Å². The molecule has 0 saturated carbocycles. The molecule has 0 aliphatic rings. The third kappa shape index (κ3) is 1.40. The summed E-state index contributed by atoms with van der Waals surface area (Å²) in [7, 11) is 0. The normalized spacial score (nSPS) is 13.5. The molecule has 10 heavy (non-hydrogen) atoms. The minimum Gasteiger partial charge on any atom is -0.266 e. The van der Waals surface area contributed by atoms with Crippen LogP contribution < -0.4 is 0 Å². The summed E-state index contributed by atoms with van der Waals surface area (Å²) in [6, 6.07) is 2.47. The largest absolute Gasteiger partial charge is 0.266 e. The van der Waals surface area contributed by atoms with E-state index in [-0.39, 0.29) is 0 Å². The summed E-state index contributed by atoms with van der Waals surface area (Å²) in [4.78, 5) is 0. The van der Waals surface area contributed by atoms with Crippen LogP contribution in [-0.2, 0) is 0 Å². The third-order valence-corrected chi connectivity index (χ3v) is 2.45. The van der Waals surface area contributed by atoms with Crippen molar-refractivity contribution in [2.45, 2.75) is 19.9 Å². The summed E-state index contributed by atoms with van der Waals surface area (Å²) in [6.45, 7) is 4.20. The van der Waals surface area contributed by atoms with Gasteiger partial charge in [0.25, 0.3) is 0 Å². The van der Waals surface area contributed by atoms with Gasteiger partial charge in [0.15, 0.2) is 0 Å². The summed E-state index contributed by atoms with van der Waals surface area (Å²) < 4.78 is 2.01. The Morgan fingerprint density at radius 3 is 2.90 bits per heavy atom. The highest BCUT2D eigenvalue weighted by Crippen LogP contribution is 2.09. The Labute approximate surface area is 69.4 Å². The Bertz CT molecular complexity index is 207. The van der Waals surface area contributed by atoms with Gasteiger partial charge in [-0.2, -0.15) is 5.10 Å². The molecule has 0 amide bonds. The molecule has 0 saturated heterocycles. The van der Waals surface area contributed by atoms with E-state index < -0.39 is 0 Å². The zero-order chi connectivity index (χ0) is 7.56. The van der Waals surface area contributed by atoms with Gasteiger partial charge in [0.2, 0.25) is 0 Å². The zero-order valence-corrected chi connectivity index (χ0v) is 7.80. The number of aryl methyl sites for hydroxylation is 1. The molecule has 1 heterocycles. The number of rotatable bonds is 2. The molecule has 2 nitrogen and oxygen atoms in total. The first-order chi connectivity index (χ1) is 4.75. The van der Waals surface area contributed by atoms with Crippen LogP contribution in [0.2, 0.25) is 0 Å². The number of hydrogen-bond donors (Lipinski definition) is 0. The van der Waals surface area contributed by atoms with E-state index in [0.717, 1.165) is 5.33 Å². The van der Waals surface area contributed by atoms with Gasteiger partial charge in [-0.05, 0) is 19.9 Å². The first-order valence-electron chi connectivity index (χ1n) is 3.31. The fraction of sp³-hybridized carbons (Fsp3) is 0.571. The number of alkyl halides is 1. The maximum Gasteiger partial charge on any atom is 0.0590 e. The number of halogens is 1. The maximum atomic E-state index is 4.17. The summed E-state index contributed by atoms with van der Waals surface area (Å²) in [5, 5.41) is 5.13. The molecule has 0 fully saturated rings. The molecule has 0 aromatic carbocycles. The lowest BCUT2D eigenvalue weighted by Crippen LogP contribution is -2.09. The molecule has 1 rings (SSSR count). The molecule has 0 radical (unpaired) electrons. The molecule has 3 heteroatoms. The smallest absolute Gasteiger partial charge is 0.0590 e. The van der Waals surface area contributed by atoms with E-state index in [0.29, 0.717) is 6.04 Å². The minimum atomic E-state index is 0.454. The second-order valence-electron chi connectivity index (χ2n) is 2.42. The number of aromatic nitrogens is 2. The number of nitrogens with zero attached hydrogens (tertiary/aromatic N) is 2. The maximum absolute atomic E-state index is 4.17. The van der Waals surface area contributed by atoms with Crippen LogP contribution >= 0.6 is 15.9 Å². The van der Waals surface area contributed by atoms with Crippen molar-refractivity contribution < 1.29 is 0 Å². The van der Waals surface area contributed by atoms with Crippen molar-refractivity contribution in [2.75, 3.05) is 5.33 Å². The van der Waals surface area contributed by atoms with Crippen LogP contribution in [0.5, 0.6) is 0 Å². The molecule has 0 aliphatic heterocycles. The molecule has 0 spiro atoms. The lowest BCUT2D eigenvalue weighted by molar-refractivity contribution is 0.529. The van der Waals surface area contributed by atoms with E-state index in [1.807, 2.05) is 16.9 Å². The Morgan fingerprint density at radius 2 is 2.50 bits per heavy atom. The molecule has 1 unspecified atom stereocenters. The van der Waals surface area contributed by atoms with Gasteiger partial charge in [0.05, 0.1) is 6.04 Å². The Morgan fingerprint density at radius 1 is 1.80 bits per heavy atom. The highest BCUT2D eigenvalue weighted by atomic mass is 79.9. The minimum absolute atomic E-state index is 0.454. The second kappa shape index (κ2) is 3.19.